The molecule has 1 heterocycles. The number of carbonyl (C=O) groups is 2. The van der Waals surface area contributed by atoms with Crippen LogP contribution >= 0.6 is 11.3 Å². The van der Waals surface area contributed by atoms with E-state index in [1.54, 1.807) is 12.1 Å². The van der Waals surface area contributed by atoms with Gasteiger partial charge in [0.25, 0.3) is 0 Å². The lowest BCUT2D eigenvalue weighted by Crippen LogP contribution is -2.11. The maximum absolute atomic E-state index is 12.0. The van der Waals surface area contributed by atoms with Gasteiger partial charge in [-0.15, -0.1) is 11.3 Å². The molecule has 26 heavy (non-hydrogen) atoms. The van der Waals surface area contributed by atoms with Gasteiger partial charge >= 0.3 is 0 Å². The second kappa shape index (κ2) is 8.97. The van der Waals surface area contributed by atoms with E-state index in [4.69, 9.17) is 4.74 Å². The number of carbonyl (C=O) groups excluding carboxylic acids is 2. The smallest absolute Gasteiger partial charge is 0.224 e. The SMILES string of the molecule is O=C(CCCC(=O)c1cccs1)Nc1ccc(Oc2ccccc2)cc1. The van der Waals surface area contributed by atoms with Crippen molar-refractivity contribution in [2.45, 2.75) is 19.3 Å². The highest BCUT2D eigenvalue weighted by atomic mass is 32.1. The number of nitrogens with one attached hydrogen (secondary N) is 1. The molecule has 1 aromatic heterocycles. The third kappa shape index (κ3) is 5.29. The van der Waals surface area contributed by atoms with Gasteiger partial charge in [0.15, 0.2) is 5.78 Å². The Morgan fingerprint density at radius 3 is 2.27 bits per heavy atom. The Hall–Kier alpha value is -2.92. The van der Waals surface area contributed by atoms with Gasteiger partial charge in [0.1, 0.15) is 11.5 Å². The summed E-state index contributed by atoms with van der Waals surface area (Å²) in [6.45, 7) is 0. The zero-order chi connectivity index (χ0) is 18.2. The summed E-state index contributed by atoms with van der Waals surface area (Å²) in [7, 11) is 0. The standard InChI is InChI=1S/C21H19NO3S/c23-19(20-9-5-15-26-20)8-4-10-21(24)22-16-11-13-18(14-12-16)25-17-6-2-1-3-7-17/h1-3,5-7,9,11-15H,4,8,10H2,(H,22,24). The number of amides is 1. The Bertz CT molecular complexity index is 843. The van der Waals surface area contributed by atoms with E-state index in [1.165, 1.54) is 11.3 Å². The molecule has 0 unspecified atom stereocenters. The van der Waals surface area contributed by atoms with E-state index in [2.05, 4.69) is 5.32 Å². The molecule has 0 spiro atoms. The normalized spacial score (nSPS) is 10.3. The van der Waals surface area contributed by atoms with Gasteiger partial charge in [0.2, 0.25) is 5.91 Å². The van der Waals surface area contributed by atoms with Gasteiger partial charge in [0, 0.05) is 18.5 Å². The van der Waals surface area contributed by atoms with Crippen LogP contribution in [0.1, 0.15) is 28.9 Å². The second-order valence-electron chi connectivity index (χ2n) is 5.74. The highest BCUT2D eigenvalue weighted by Gasteiger charge is 2.09. The summed E-state index contributed by atoms with van der Waals surface area (Å²) in [4.78, 5) is 24.7. The summed E-state index contributed by atoms with van der Waals surface area (Å²) in [5, 5.41) is 4.72. The molecule has 0 radical (unpaired) electrons. The molecule has 4 nitrogen and oxygen atoms in total. The fourth-order valence-corrected chi connectivity index (χ4v) is 3.12. The van der Waals surface area contributed by atoms with Crippen molar-refractivity contribution in [2.75, 3.05) is 5.32 Å². The summed E-state index contributed by atoms with van der Waals surface area (Å²) in [6, 6.07) is 20.4. The highest BCUT2D eigenvalue weighted by Crippen LogP contribution is 2.22. The van der Waals surface area contributed by atoms with Crippen molar-refractivity contribution in [3.8, 4) is 11.5 Å². The largest absolute Gasteiger partial charge is 0.457 e. The number of thiophene rings is 1. The second-order valence-corrected chi connectivity index (χ2v) is 6.69. The van der Waals surface area contributed by atoms with E-state index < -0.39 is 0 Å². The van der Waals surface area contributed by atoms with Gasteiger partial charge in [-0.1, -0.05) is 24.3 Å². The van der Waals surface area contributed by atoms with Crippen molar-refractivity contribution in [1.29, 1.82) is 0 Å². The molecule has 0 aliphatic carbocycles. The molecule has 0 bridgehead atoms. The monoisotopic (exact) mass is 365 g/mol. The molecule has 3 aromatic rings. The van der Waals surface area contributed by atoms with Crippen LogP contribution in [0.3, 0.4) is 0 Å². The highest BCUT2D eigenvalue weighted by molar-refractivity contribution is 7.12. The average Bonchev–Trinajstić information content (AvgIpc) is 3.19. The van der Waals surface area contributed by atoms with Crippen LogP contribution < -0.4 is 10.1 Å². The molecule has 5 heteroatoms. The lowest BCUT2D eigenvalue weighted by atomic mass is 10.1. The van der Waals surface area contributed by atoms with Crippen molar-refractivity contribution in [3.63, 3.8) is 0 Å². The number of ether oxygens (including phenoxy) is 1. The van der Waals surface area contributed by atoms with E-state index in [1.807, 2.05) is 60.0 Å². The van der Waals surface area contributed by atoms with Crippen molar-refractivity contribution >= 4 is 28.7 Å². The molecule has 1 N–H and O–H groups in total. The molecule has 2 aromatic carbocycles. The van der Waals surface area contributed by atoms with Crippen LogP contribution in [-0.4, -0.2) is 11.7 Å². The molecule has 3 rings (SSSR count). The van der Waals surface area contributed by atoms with Gasteiger partial charge in [-0.3, -0.25) is 9.59 Å². The zero-order valence-corrected chi connectivity index (χ0v) is 15.0. The van der Waals surface area contributed by atoms with Crippen LogP contribution in [0.15, 0.2) is 72.1 Å². The quantitative estimate of drug-likeness (QED) is 0.534. The van der Waals surface area contributed by atoms with Crippen molar-refractivity contribution in [2.24, 2.45) is 0 Å². The van der Waals surface area contributed by atoms with E-state index in [9.17, 15) is 9.59 Å². The van der Waals surface area contributed by atoms with Crippen molar-refractivity contribution in [1.82, 2.24) is 0 Å². The van der Waals surface area contributed by atoms with Crippen LogP contribution in [0.5, 0.6) is 11.5 Å². The zero-order valence-electron chi connectivity index (χ0n) is 14.2. The van der Waals surface area contributed by atoms with Gasteiger partial charge in [0.05, 0.1) is 4.88 Å². The summed E-state index contributed by atoms with van der Waals surface area (Å²) in [5.74, 6) is 1.46. The van der Waals surface area contributed by atoms with Gasteiger partial charge in [-0.25, -0.2) is 0 Å². The lowest BCUT2D eigenvalue weighted by Gasteiger charge is -2.08. The first-order valence-electron chi connectivity index (χ1n) is 8.40. The molecular formula is C21H19NO3S. The summed E-state index contributed by atoms with van der Waals surface area (Å²) in [5.41, 5.74) is 0.708. The van der Waals surface area contributed by atoms with E-state index in [-0.39, 0.29) is 11.7 Å². The minimum absolute atomic E-state index is 0.0928. The Morgan fingerprint density at radius 2 is 1.58 bits per heavy atom. The predicted octanol–water partition coefficient (Wildman–Crippen LogP) is 5.53. The first-order valence-corrected chi connectivity index (χ1v) is 9.28. The van der Waals surface area contributed by atoms with E-state index in [0.717, 1.165) is 10.6 Å². The predicted molar refractivity (Wildman–Crippen MR) is 104 cm³/mol. The summed E-state index contributed by atoms with van der Waals surface area (Å²) in [6.07, 6.45) is 1.24. The number of ketones is 1. The third-order valence-electron chi connectivity index (χ3n) is 3.72. The number of hydrogen-bond acceptors (Lipinski definition) is 4. The maximum Gasteiger partial charge on any atom is 0.224 e. The molecule has 0 atom stereocenters. The number of rotatable bonds is 8. The van der Waals surface area contributed by atoms with E-state index in [0.29, 0.717) is 30.7 Å². The lowest BCUT2D eigenvalue weighted by molar-refractivity contribution is -0.116. The maximum atomic E-state index is 12.0. The average molecular weight is 365 g/mol. The molecule has 0 aliphatic heterocycles. The molecule has 1 amide bonds. The Labute approximate surface area is 156 Å². The Balaban J connectivity index is 1.43. The van der Waals surface area contributed by atoms with Crippen LogP contribution in [0.4, 0.5) is 5.69 Å². The minimum atomic E-state index is -0.0966. The topological polar surface area (TPSA) is 55.4 Å². The summed E-state index contributed by atoms with van der Waals surface area (Å²) >= 11 is 1.43. The number of benzene rings is 2. The number of Topliss-reactive ketones (excluding diaryl/α,β-unsaturated/α-hetero) is 1. The first kappa shape index (κ1) is 17.9. The van der Waals surface area contributed by atoms with Crippen molar-refractivity contribution in [3.05, 3.63) is 77.0 Å². The minimum Gasteiger partial charge on any atom is -0.457 e. The van der Waals surface area contributed by atoms with E-state index >= 15 is 0 Å². The molecule has 132 valence electrons. The molecule has 0 aliphatic rings. The fraction of sp³-hybridized carbons (Fsp3) is 0.143. The fourth-order valence-electron chi connectivity index (χ4n) is 2.42. The van der Waals surface area contributed by atoms with Crippen LogP contribution in [-0.2, 0) is 4.79 Å². The molecular weight excluding hydrogens is 346 g/mol. The van der Waals surface area contributed by atoms with Crippen LogP contribution in [0.2, 0.25) is 0 Å². The van der Waals surface area contributed by atoms with Crippen LogP contribution in [0, 0.1) is 0 Å². The van der Waals surface area contributed by atoms with Gasteiger partial charge in [-0.2, -0.15) is 0 Å². The Morgan fingerprint density at radius 1 is 0.846 bits per heavy atom. The third-order valence-corrected chi connectivity index (χ3v) is 4.63. The first-order chi connectivity index (χ1) is 12.7. The number of para-hydroxylation sites is 1. The molecule has 0 saturated heterocycles. The molecule has 0 saturated carbocycles. The van der Waals surface area contributed by atoms with Gasteiger partial charge in [-0.05, 0) is 54.3 Å². The van der Waals surface area contributed by atoms with Crippen molar-refractivity contribution < 1.29 is 14.3 Å². The van der Waals surface area contributed by atoms with Gasteiger partial charge < -0.3 is 10.1 Å². The summed E-state index contributed by atoms with van der Waals surface area (Å²) < 4.78 is 5.72. The molecule has 0 fully saturated rings. The Kier molecular flexibility index (Phi) is 6.17. The number of hydrogen-bond donors (Lipinski definition) is 1. The van der Waals surface area contributed by atoms with Crippen LogP contribution in [0.25, 0.3) is 0 Å². The number of anilines is 1.